The molecular formula is C17H18FN3O2S. The summed E-state index contributed by atoms with van der Waals surface area (Å²) in [5.41, 5.74) is 1.11. The Balaban J connectivity index is 2.32. The lowest BCUT2D eigenvalue weighted by atomic mass is 10.1. The van der Waals surface area contributed by atoms with Crippen molar-refractivity contribution < 1.29 is 9.50 Å². The van der Waals surface area contributed by atoms with E-state index in [0.29, 0.717) is 21.8 Å². The Morgan fingerprint density at radius 3 is 2.83 bits per heavy atom. The Morgan fingerprint density at radius 1 is 1.42 bits per heavy atom. The number of aliphatic hydroxyl groups is 1. The molecule has 0 aliphatic rings. The van der Waals surface area contributed by atoms with Gasteiger partial charge in [0.05, 0.1) is 23.3 Å². The molecule has 1 atom stereocenters. The number of aryl methyl sites for hydroxylation is 1. The maximum atomic E-state index is 14.5. The zero-order chi connectivity index (χ0) is 17.4. The van der Waals surface area contributed by atoms with E-state index in [4.69, 9.17) is 0 Å². The fraction of sp³-hybridized carbons (Fsp3) is 0.235. The highest BCUT2D eigenvalue weighted by atomic mass is 32.2. The third kappa shape index (κ3) is 2.70. The topological polar surface area (TPSA) is 59.5 Å². The van der Waals surface area contributed by atoms with Crippen molar-refractivity contribution in [2.75, 3.05) is 5.75 Å². The fourth-order valence-electron chi connectivity index (χ4n) is 2.73. The van der Waals surface area contributed by atoms with Crippen LogP contribution in [0.2, 0.25) is 0 Å². The molecule has 24 heavy (non-hydrogen) atoms. The maximum absolute atomic E-state index is 14.5. The van der Waals surface area contributed by atoms with Gasteiger partial charge in [0.15, 0.2) is 0 Å². The van der Waals surface area contributed by atoms with Crippen LogP contribution in [0, 0.1) is 5.82 Å². The SMILES string of the molecule is CC/S(=C(/C)O)c1ccc(F)c(-c2cn(C)c(=O)c3cncn23)c1. The first-order valence-corrected chi connectivity index (χ1v) is 8.88. The largest absolute Gasteiger partial charge is 0.359 e. The summed E-state index contributed by atoms with van der Waals surface area (Å²) < 4.78 is 17.5. The van der Waals surface area contributed by atoms with Crippen molar-refractivity contribution in [3.8, 4) is 11.3 Å². The van der Waals surface area contributed by atoms with Gasteiger partial charge in [0.1, 0.15) is 11.3 Å². The molecule has 0 bridgehead atoms. The van der Waals surface area contributed by atoms with Crippen molar-refractivity contribution in [3.05, 3.63) is 53.1 Å². The zero-order valence-corrected chi connectivity index (χ0v) is 14.5. The molecule has 7 heteroatoms. The molecule has 1 aromatic carbocycles. The number of benzene rings is 1. The number of imidazole rings is 1. The Bertz CT molecular complexity index is 1020. The highest BCUT2D eigenvalue weighted by Crippen LogP contribution is 2.32. The van der Waals surface area contributed by atoms with Gasteiger partial charge >= 0.3 is 0 Å². The van der Waals surface area contributed by atoms with Crippen LogP contribution < -0.4 is 5.56 Å². The van der Waals surface area contributed by atoms with Crippen LogP contribution in [0.15, 0.2) is 46.6 Å². The van der Waals surface area contributed by atoms with Gasteiger partial charge in [-0.05, 0) is 30.9 Å². The summed E-state index contributed by atoms with van der Waals surface area (Å²) in [5.74, 6) is 0.351. The number of hydrogen-bond acceptors (Lipinski definition) is 2. The number of fused-ring (bicyclic) bond motifs is 1. The smallest absolute Gasteiger partial charge is 0.276 e. The van der Waals surface area contributed by atoms with Gasteiger partial charge in [0.25, 0.3) is 5.56 Å². The minimum atomic E-state index is -0.461. The molecule has 5 nitrogen and oxygen atoms in total. The summed E-state index contributed by atoms with van der Waals surface area (Å²) in [5, 5.41) is 10.2. The van der Waals surface area contributed by atoms with E-state index in [0.717, 1.165) is 10.6 Å². The molecule has 0 saturated heterocycles. The van der Waals surface area contributed by atoms with Crippen molar-refractivity contribution in [1.82, 2.24) is 14.0 Å². The van der Waals surface area contributed by atoms with Crippen LogP contribution in [0.5, 0.6) is 0 Å². The van der Waals surface area contributed by atoms with Crippen molar-refractivity contribution in [1.29, 1.82) is 0 Å². The quantitative estimate of drug-likeness (QED) is 0.740. The van der Waals surface area contributed by atoms with Gasteiger partial charge < -0.3 is 9.67 Å². The minimum Gasteiger partial charge on any atom is -0.359 e. The van der Waals surface area contributed by atoms with Crippen molar-refractivity contribution in [3.63, 3.8) is 0 Å². The second kappa shape index (κ2) is 6.33. The maximum Gasteiger partial charge on any atom is 0.276 e. The molecule has 0 spiro atoms. The fourth-order valence-corrected chi connectivity index (χ4v) is 4.31. The lowest BCUT2D eigenvalue weighted by molar-refractivity contribution is 0.564. The molecule has 126 valence electrons. The zero-order valence-electron chi connectivity index (χ0n) is 13.7. The summed E-state index contributed by atoms with van der Waals surface area (Å²) in [6.45, 7) is 3.64. The molecule has 0 aliphatic heterocycles. The number of halogens is 1. The number of hydrogen-bond donors (Lipinski definition) is 1. The van der Waals surface area contributed by atoms with Gasteiger partial charge in [-0.3, -0.25) is 9.20 Å². The van der Waals surface area contributed by atoms with E-state index < -0.39 is 10.5 Å². The Kier molecular flexibility index (Phi) is 4.38. The normalized spacial score (nSPS) is 13.3. The molecule has 2 aromatic heterocycles. The van der Waals surface area contributed by atoms with Gasteiger partial charge in [0.2, 0.25) is 0 Å². The molecule has 3 aromatic rings. The van der Waals surface area contributed by atoms with Gasteiger partial charge in [-0.25, -0.2) is 9.37 Å². The van der Waals surface area contributed by atoms with Crippen molar-refractivity contribution in [2.45, 2.75) is 18.7 Å². The first-order valence-electron chi connectivity index (χ1n) is 7.49. The van der Waals surface area contributed by atoms with E-state index >= 15 is 0 Å². The average Bonchev–Trinajstić information content (AvgIpc) is 3.03. The summed E-state index contributed by atoms with van der Waals surface area (Å²) in [4.78, 5) is 17.0. The van der Waals surface area contributed by atoms with Gasteiger partial charge in [-0.15, -0.1) is 10.5 Å². The van der Waals surface area contributed by atoms with E-state index in [1.807, 2.05) is 6.92 Å². The second-order valence-electron chi connectivity index (χ2n) is 5.42. The van der Waals surface area contributed by atoms with Crippen LogP contribution in [0.1, 0.15) is 13.8 Å². The molecule has 1 N–H and O–H groups in total. The van der Waals surface area contributed by atoms with E-state index in [1.54, 1.807) is 36.7 Å². The molecular weight excluding hydrogens is 329 g/mol. The number of rotatable bonds is 3. The Morgan fingerprint density at radius 2 is 2.17 bits per heavy atom. The molecule has 0 saturated carbocycles. The third-order valence-electron chi connectivity index (χ3n) is 3.90. The summed E-state index contributed by atoms with van der Waals surface area (Å²) in [7, 11) is 1.17. The van der Waals surface area contributed by atoms with Crippen LogP contribution in [0.4, 0.5) is 4.39 Å². The Hall–Kier alpha value is -2.25. The second-order valence-corrected chi connectivity index (χ2v) is 7.84. The highest BCUT2D eigenvalue weighted by Gasteiger charge is 2.14. The number of aromatic nitrogens is 3. The predicted molar refractivity (Wildman–Crippen MR) is 95.5 cm³/mol. The molecule has 1 unspecified atom stereocenters. The third-order valence-corrected chi connectivity index (χ3v) is 6.01. The summed E-state index contributed by atoms with van der Waals surface area (Å²) in [6, 6.07) is 4.83. The number of nitrogens with zero attached hydrogens (tertiary/aromatic N) is 3. The highest BCUT2D eigenvalue weighted by molar-refractivity contribution is 8.15. The Labute approximate surface area is 140 Å². The first kappa shape index (κ1) is 16.6. The van der Waals surface area contributed by atoms with Gasteiger partial charge in [-0.2, -0.15) is 0 Å². The lowest BCUT2D eigenvalue weighted by Crippen LogP contribution is -2.19. The van der Waals surface area contributed by atoms with E-state index in [2.05, 4.69) is 4.98 Å². The first-order chi connectivity index (χ1) is 11.4. The van der Waals surface area contributed by atoms with Crippen LogP contribution in [0.3, 0.4) is 0 Å². The number of aliphatic hydroxyl groups excluding tert-OH is 1. The van der Waals surface area contributed by atoms with Gasteiger partial charge in [0, 0.05) is 23.7 Å². The molecule has 2 heterocycles. The predicted octanol–water partition coefficient (Wildman–Crippen LogP) is 3.19. The van der Waals surface area contributed by atoms with Crippen molar-refractivity contribution in [2.24, 2.45) is 7.05 Å². The van der Waals surface area contributed by atoms with E-state index in [9.17, 15) is 14.3 Å². The molecule has 0 aliphatic carbocycles. The summed E-state index contributed by atoms with van der Waals surface area (Å²) in [6.07, 6.45) is 4.57. The van der Waals surface area contributed by atoms with Crippen LogP contribution in [-0.4, -0.2) is 29.9 Å². The monoisotopic (exact) mass is 347 g/mol. The van der Waals surface area contributed by atoms with E-state index in [1.165, 1.54) is 23.2 Å². The average molecular weight is 347 g/mol. The molecule has 0 fully saturated rings. The lowest BCUT2D eigenvalue weighted by Gasteiger charge is -2.13. The molecule has 3 rings (SSSR count). The van der Waals surface area contributed by atoms with Crippen LogP contribution in [0.25, 0.3) is 16.8 Å². The standard InChI is InChI=1S/C17H18FN3O2S/c1-4-24(11(2)22)12-5-6-14(18)13(7-12)16-9-20(3)17(23)15-8-19-10-21(15)16/h5-10,22H,4H2,1-3H3. The van der Waals surface area contributed by atoms with Crippen LogP contribution in [-0.2, 0) is 7.05 Å². The van der Waals surface area contributed by atoms with Crippen molar-refractivity contribution >= 4 is 21.1 Å². The molecule has 0 amide bonds. The molecule has 0 radical (unpaired) electrons. The minimum absolute atomic E-state index is 0.194. The van der Waals surface area contributed by atoms with Gasteiger partial charge in [-0.1, -0.05) is 6.92 Å². The van der Waals surface area contributed by atoms with Crippen LogP contribution >= 0.6 is 10.5 Å². The summed E-state index contributed by atoms with van der Waals surface area (Å²) >= 11 is 0. The van der Waals surface area contributed by atoms with E-state index in [-0.39, 0.29) is 11.4 Å².